The van der Waals surface area contributed by atoms with Gasteiger partial charge in [0.25, 0.3) is 5.91 Å². The molecule has 1 spiro atoms. The molecule has 0 atom stereocenters. The number of fused-ring (bicyclic) bond motifs is 4. The predicted octanol–water partition coefficient (Wildman–Crippen LogP) is 4.17. The van der Waals surface area contributed by atoms with E-state index in [4.69, 9.17) is 14.4 Å². The van der Waals surface area contributed by atoms with Crippen LogP contribution in [0.15, 0.2) is 41.2 Å². The monoisotopic (exact) mass is 418 g/mol. The molecule has 0 radical (unpaired) electrons. The average Bonchev–Trinajstić information content (AvgIpc) is 3.38. The van der Waals surface area contributed by atoms with Crippen LogP contribution in [0.4, 0.5) is 0 Å². The third-order valence-electron chi connectivity index (χ3n) is 7.21. The molecule has 1 aliphatic carbocycles. The number of aryl methyl sites for hydroxylation is 1. The Labute approximate surface area is 181 Å². The number of piperidine rings is 1. The first-order valence-corrected chi connectivity index (χ1v) is 11.2. The molecular weight excluding hydrogens is 392 g/mol. The van der Waals surface area contributed by atoms with Crippen LogP contribution in [0.25, 0.3) is 11.3 Å². The third-order valence-corrected chi connectivity index (χ3v) is 7.21. The standard InChI is InChI=1S/C24H26N4O3/c1-16-19(13-25-31-16)23(29)27-11-9-24(10-12-27)20-15-28(14-17-5-4-6-17)26-22(20)18-7-2-3-8-21(18)30-24/h2-3,7-8,13,15,17H,4-6,9-12,14H2,1H3. The largest absolute Gasteiger partial charge is 0.482 e. The summed E-state index contributed by atoms with van der Waals surface area (Å²) in [5, 5.41) is 8.76. The molecule has 1 saturated heterocycles. The Morgan fingerprint density at radius 3 is 2.74 bits per heavy atom. The van der Waals surface area contributed by atoms with Crippen molar-refractivity contribution in [2.24, 2.45) is 5.92 Å². The van der Waals surface area contributed by atoms with Crippen LogP contribution in [0.5, 0.6) is 5.75 Å². The van der Waals surface area contributed by atoms with Gasteiger partial charge in [0, 0.05) is 49.8 Å². The van der Waals surface area contributed by atoms with Gasteiger partial charge in [-0.1, -0.05) is 23.7 Å². The highest BCUT2D eigenvalue weighted by Crippen LogP contribution is 2.49. The lowest BCUT2D eigenvalue weighted by atomic mass is 9.81. The van der Waals surface area contributed by atoms with E-state index in [1.807, 2.05) is 23.1 Å². The second-order valence-electron chi connectivity index (χ2n) is 9.09. The molecule has 2 aromatic heterocycles. The molecule has 160 valence electrons. The van der Waals surface area contributed by atoms with E-state index in [9.17, 15) is 4.79 Å². The van der Waals surface area contributed by atoms with Crippen LogP contribution in [0.1, 0.15) is 53.8 Å². The second-order valence-corrected chi connectivity index (χ2v) is 9.09. The lowest BCUT2D eigenvalue weighted by Gasteiger charge is -2.44. The van der Waals surface area contributed by atoms with Crippen molar-refractivity contribution in [1.82, 2.24) is 19.8 Å². The Hall–Kier alpha value is -3.09. The topological polar surface area (TPSA) is 73.4 Å². The zero-order valence-electron chi connectivity index (χ0n) is 17.7. The number of benzene rings is 1. The number of amides is 1. The van der Waals surface area contributed by atoms with E-state index in [1.54, 1.807) is 6.92 Å². The number of hydrogen-bond acceptors (Lipinski definition) is 5. The highest BCUT2D eigenvalue weighted by Gasteiger charge is 2.46. The molecule has 0 N–H and O–H groups in total. The van der Waals surface area contributed by atoms with Gasteiger partial charge in [0.15, 0.2) is 0 Å². The number of rotatable bonds is 3. The van der Waals surface area contributed by atoms with Gasteiger partial charge in [0.05, 0.1) is 6.20 Å². The molecule has 1 saturated carbocycles. The zero-order valence-corrected chi connectivity index (χ0v) is 17.7. The van der Waals surface area contributed by atoms with Crippen LogP contribution in [0.3, 0.4) is 0 Å². The normalized spacial score (nSPS) is 19.5. The fourth-order valence-electron chi connectivity index (χ4n) is 5.12. The van der Waals surface area contributed by atoms with Gasteiger partial charge >= 0.3 is 0 Å². The van der Waals surface area contributed by atoms with Crippen molar-refractivity contribution in [3.63, 3.8) is 0 Å². The Kier molecular flexibility index (Phi) is 4.20. The number of ether oxygens (including phenoxy) is 1. The first-order chi connectivity index (χ1) is 15.1. The fourth-order valence-corrected chi connectivity index (χ4v) is 5.12. The van der Waals surface area contributed by atoms with Crippen LogP contribution in [-0.4, -0.2) is 38.8 Å². The van der Waals surface area contributed by atoms with Crippen molar-refractivity contribution in [2.45, 2.75) is 51.2 Å². The highest BCUT2D eigenvalue weighted by molar-refractivity contribution is 5.94. The molecule has 7 heteroatoms. The minimum Gasteiger partial charge on any atom is -0.482 e. The summed E-state index contributed by atoms with van der Waals surface area (Å²) in [5.41, 5.74) is 3.37. The Morgan fingerprint density at radius 1 is 1.23 bits per heavy atom. The van der Waals surface area contributed by atoms with Crippen molar-refractivity contribution < 1.29 is 14.1 Å². The first-order valence-electron chi connectivity index (χ1n) is 11.2. The van der Waals surface area contributed by atoms with Crippen LogP contribution in [-0.2, 0) is 12.1 Å². The van der Waals surface area contributed by atoms with Gasteiger partial charge in [-0.3, -0.25) is 9.48 Å². The highest BCUT2D eigenvalue weighted by atomic mass is 16.5. The maximum Gasteiger partial charge on any atom is 0.259 e. The summed E-state index contributed by atoms with van der Waals surface area (Å²) in [6.45, 7) is 4.00. The van der Waals surface area contributed by atoms with Crippen LogP contribution >= 0.6 is 0 Å². The molecule has 7 nitrogen and oxygen atoms in total. The number of para-hydroxylation sites is 1. The van der Waals surface area contributed by atoms with Crippen LogP contribution in [0.2, 0.25) is 0 Å². The Bertz CT molecular complexity index is 1140. The van der Waals surface area contributed by atoms with Gasteiger partial charge in [-0.05, 0) is 37.8 Å². The molecule has 2 aliphatic heterocycles. The summed E-state index contributed by atoms with van der Waals surface area (Å²) in [7, 11) is 0. The molecule has 2 fully saturated rings. The van der Waals surface area contributed by atoms with Crippen molar-refractivity contribution in [3.05, 3.63) is 53.5 Å². The van der Waals surface area contributed by atoms with Crippen molar-refractivity contribution in [2.75, 3.05) is 13.1 Å². The molecule has 3 aliphatic rings. The first kappa shape index (κ1) is 18.7. The summed E-state index contributed by atoms with van der Waals surface area (Å²) in [6, 6.07) is 8.17. The number of aromatic nitrogens is 3. The molecule has 0 unspecified atom stereocenters. The fraction of sp³-hybridized carbons (Fsp3) is 0.458. The minimum atomic E-state index is -0.442. The smallest absolute Gasteiger partial charge is 0.259 e. The van der Waals surface area contributed by atoms with E-state index in [1.165, 1.54) is 31.0 Å². The molecule has 31 heavy (non-hydrogen) atoms. The summed E-state index contributed by atoms with van der Waals surface area (Å²) in [6.07, 6.45) is 9.10. The molecule has 3 aromatic rings. The maximum atomic E-state index is 12.9. The maximum absolute atomic E-state index is 12.9. The molecular formula is C24H26N4O3. The number of hydrogen-bond donors (Lipinski definition) is 0. The van der Waals surface area contributed by atoms with Crippen LogP contribution < -0.4 is 4.74 Å². The quantitative estimate of drug-likeness (QED) is 0.638. The minimum absolute atomic E-state index is 0.0225. The molecule has 1 amide bonds. The summed E-state index contributed by atoms with van der Waals surface area (Å²) in [5.74, 6) is 2.16. The third kappa shape index (κ3) is 2.98. The second kappa shape index (κ2) is 6.97. The number of carbonyl (C=O) groups excluding carboxylic acids is 1. The van der Waals surface area contributed by atoms with E-state index >= 15 is 0 Å². The van der Waals surface area contributed by atoms with Crippen molar-refractivity contribution in [1.29, 1.82) is 0 Å². The van der Waals surface area contributed by atoms with Crippen molar-refractivity contribution >= 4 is 5.91 Å². The molecule has 1 aromatic carbocycles. The molecule has 6 rings (SSSR count). The van der Waals surface area contributed by atoms with Gasteiger partial charge in [0.2, 0.25) is 0 Å². The Balaban J connectivity index is 1.31. The number of likely N-dealkylation sites (tertiary alicyclic amines) is 1. The predicted molar refractivity (Wildman–Crippen MR) is 114 cm³/mol. The van der Waals surface area contributed by atoms with E-state index in [-0.39, 0.29) is 5.91 Å². The Morgan fingerprint density at radius 2 is 2.03 bits per heavy atom. The summed E-state index contributed by atoms with van der Waals surface area (Å²) >= 11 is 0. The molecule has 4 heterocycles. The number of nitrogens with zero attached hydrogens (tertiary/aromatic N) is 4. The van der Waals surface area contributed by atoms with E-state index in [0.29, 0.717) is 24.4 Å². The summed E-state index contributed by atoms with van der Waals surface area (Å²) in [4.78, 5) is 14.8. The van der Waals surface area contributed by atoms with Gasteiger partial charge in [-0.15, -0.1) is 0 Å². The van der Waals surface area contributed by atoms with E-state index in [2.05, 4.69) is 22.1 Å². The van der Waals surface area contributed by atoms with E-state index < -0.39 is 5.60 Å². The SMILES string of the molecule is Cc1oncc1C(=O)N1CCC2(CC1)Oc1ccccc1-c1nn(CC3CCC3)cc12. The van der Waals surface area contributed by atoms with Crippen molar-refractivity contribution in [3.8, 4) is 17.0 Å². The van der Waals surface area contributed by atoms with Gasteiger partial charge in [-0.2, -0.15) is 5.10 Å². The zero-order chi connectivity index (χ0) is 21.0. The number of carbonyl (C=O) groups is 1. The van der Waals surface area contributed by atoms with E-state index in [0.717, 1.165) is 42.3 Å². The lowest BCUT2D eigenvalue weighted by molar-refractivity contribution is -0.00174. The van der Waals surface area contributed by atoms with Gasteiger partial charge < -0.3 is 14.2 Å². The van der Waals surface area contributed by atoms with Crippen LogP contribution in [0, 0.1) is 12.8 Å². The summed E-state index contributed by atoms with van der Waals surface area (Å²) < 4.78 is 13.9. The lowest BCUT2D eigenvalue weighted by Crippen LogP contribution is -2.49. The molecule has 0 bridgehead atoms. The van der Waals surface area contributed by atoms with Gasteiger partial charge in [-0.25, -0.2) is 0 Å². The van der Waals surface area contributed by atoms with Gasteiger partial charge in [0.1, 0.15) is 28.4 Å². The average molecular weight is 418 g/mol.